The summed E-state index contributed by atoms with van der Waals surface area (Å²) < 4.78 is 0. The van der Waals surface area contributed by atoms with Gasteiger partial charge in [0, 0.05) is 38.9 Å². The summed E-state index contributed by atoms with van der Waals surface area (Å²) in [5.74, 6) is -0.000701. The van der Waals surface area contributed by atoms with Crippen LogP contribution in [0.4, 0.5) is 5.69 Å². The van der Waals surface area contributed by atoms with Crippen LogP contribution in [-0.4, -0.2) is 62.3 Å². The highest BCUT2D eigenvalue weighted by atomic mass is 16.1. The molecule has 0 fully saturated rings. The van der Waals surface area contributed by atoms with E-state index in [0.29, 0.717) is 6.42 Å². The maximum Gasteiger partial charge on any atom is 0.224 e. The van der Waals surface area contributed by atoms with Crippen LogP contribution in [0.5, 0.6) is 0 Å². The maximum atomic E-state index is 11.9. The average molecular weight is 415 g/mol. The van der Waals surface area contributed by atoms with Gasteiger partial charge in [0.1, 0.15) is 6.17 Å². The summed E-state index contributed by atoms with van der Waals surface area (Å²) >= 11 is 0. The minimum absolute atomic E-state index is 0.000701. The number of carbonyl (C=O) groups is 1. The molecule has 0 aliphatic heterocycles. The Hall–Kier alpha value is -2.67. The Morgan fingerprint density at radius 2 is 2.00 bits per heavy atom. The van der Waals surface area contributed by atoms with Crippen LogP contribution in [0.3, 0.4) is 0 Å². The number of anilines is 1. The van der Waals surface area contributed by atoms with Gasteiger partial charge in [-0.2, -0.15) is 5.11 Å². The zero-order valence-electron chi connectivity index (χ0n) is 19.4. The molecule has 0 aromatic heterocycles. The van der Waals surface area contributed by atoms with E-state index >= 15 is 0 Å². The Bertz CT molecular complexity index is 730. The Balaban J connectivity index is 2.78. The van der Waals surface area contributed by atoms with E-state index in [0.717, 1.165) is 30.8 Å². The molecule has 2 atom stereocenters. The molecule has 0 saturated heterocycles. The third kappa shape index (κ3) is 8.78. The van der Waals surface area contributed by atoms with Crippen LogP contribution in [0, 0.1) is 0 Å². The van der Waals surface area contributed by atoms with Crippen molar-refractivity contribution in [3.8, 4) is 0 Å². The molecule has 7 heteroatoms. The summed E-state index contributed by atoms with van der Waals surface area (Å²) in [6, 6.07) is 8.09. The SMILES string of the molecule is C=CCN(C)C(C)/N=N\N(C)CCC(Nc1ccccc1CC(=O)NC)/C(C)=C/C. The van der Waals surface area contributed by atoms with Gasteiger partial charge in [-0.25, -0.2) is 0 Å². The molecule has 0 saturated carbocycles. The van der Waals surface area contributed by atoms with Crippen LogP contribution in [-0.2, 0) is 11.2 Å². The predicted octanol–water partition coefficient (Wildman–Crippen LogP) is 3.87. The van der Waals surface area contributed by atoms with Crippen LogP contribution in [0.1, 0.15) is 32.8 Å². The molecule has 1 rings (SSSR count). The van der Waals surface area contributed by atoms with E-state index in [2.05, 4.69) is 45.4 Å². The minimum atomic E-state index is -0.00626. The van der Waals surface area contributed by atoms with E-state index < -0.39 is 0 Å². The van der Waals surface area contributed by atoms with Gasteiger partial charge in [-0.3, -0.25) is 14.7 Å². The van der Waals surface area contributed by atoms with Gasteiger partial charge in [0.15, 0.2) is 0 Å². The van der Waals surface area contributed by atoms with Crippen LogP contribution < -0.4 is 10.6 Å². The van der Waals surface area contributed by atoms with Gasteiger partial charge in [-0.15, -0.1) is 6.58 Å². The molecular weight excluding hydrogens is 376 g/mol. The zero-order valence-corrected chi connectivity index (χ0v) is 19.4. The van der Waals surface area contributed by atoms with Crippen LogP contribution in [0.2, 0.25) is 0 Å². The molecule has 0 aliphatic rings. The number of para-hydroxylation sites is 1. The van der Waals surface area contributed by atoms with Crippen LogP contribution >= 0.6 is 0 Å². The van der Waals surface area contributed by atoms with E-state index in [4.69, 9.17) is 0 Å². The quantitative estimate of drug-likeness (QED) is 0.292. The van der Waals surface area contributed by atoms with E-state index in [-0.39, 0.29) is 18.1 Å². The first-order valence-electron chi connectivity index (χ1n) is 10.4. The topological polar surface area (TPSA) is 72.3 Å². The van der Waals surface area contributed by atoms with Gasteiger partial charge in [-0.05, 0) is 45.9 Å². The molecular formula is C23H38N6O. The molecule has 1 aromatic carbocycles. The summed E-state index contributed by atoms with van der Waals surface area (Å²) in [6.45, 7) is 11.4. The van der Waals surface area contributed by atoms with Crippen molar-refractivity contribution in [2.45, 2.75) is 45.8 Å². The van der Waals surface area contributed by atoms with Crippen molar-refractivity contribution in [1.82, 2.24) is 15.2 Å². The lowest BCUT2D eigenvalue weighted by Gasteiger charge is -2.24. The van der Waals surface area contributed by atoms with E-state index in [9.17, 15) is 4.79 Å². The number of likely N-dealkylation sites (N-methyl/N-ethyl adjacent to an activating group) is 2. The number of carbonyl (C=O) groups excluding carboxylic acids is 1. The summed E-state index contributed by atoms with van der Waals surface area (Å²) in [4.78, 5) is 13.9. The molecule has 0 spiro atoms. The first-order valence-corrected chi connectivity index (χ1v) is 10.4. The van der Waals surface area contributed by atoms with Gasteiger partial charge >= 0.3 is 0 Å². The predicted molar refractivity (Wildman–Crippen MR) is 125 cm³/mol. The van der Waals surface area contributed by atoms with Crippen molar-refractivity contribution >= 4 is 11.6 Å². The molecule has 0 bridgehead atoms. The summed E-state index contributed by atoms with van der Waals surface area (Å²) in [6.07, 6.45) is 5.18. The Labute approximate surface area is 181 Å². The molecule has 1 aromatic rings. The van der Waals surface area contributed by atoms with Crippen LogP contribution in [0.15, 0.2) is 58.9 Å². The second-order valence-corrected chi connectivity index (χ2v) is 7.47. The van der Waals surface area contributed by atoms with Crippen molar-refractivity contribution in [2.75, 3.05) is 39.5 Å². The fourth-order valence-corrected chi connectivity index (χ4v) is 2.85. The average Bonchev–Trinajstić information content (AvgIpc) is 2.75. The zero-order chi connectivity index (χ0) is 22.5. The van der Waals surface area contributed by atoms with Gasteiger partial charge < -0.3 is 10.6 Å². The third-order valence-electron chi connectivity index (χ3n) is 5.15. The van der Waals surface area contributed by atoms with Crippen molar-refractivity contribution < 1.29 is 4.79 Å². The summed E-state index contributed by atoms with van der Waals surface area (Å²) in [5, 5.41) is 16.9. The lowest BCUT2D eigenvalue weighted by molar-refractivity contribution is -0.119. The number of allylic oxidation sites excluding steroid dienone is 1. The van der Waals surface area contributed by atoms with Gasteiger partial charge in [0.2, 0.25) is 5.91 Å². The number of nitrogens with zero attached hydrogens (tertiary/aromatic N) is 4. The number of benzene rings is 1. The lowest BCUT2D eigenvalue weighted by atomic mass is 10.0. The molecule has 0 radical (unpaired) electrons. The summed E-state index contributed by atoms with van der Waals surface area (Å²) in [5.41, 5.74) is 3.21. The Morgan fingerprint density at radius 1 is 1.30 bits per heavy atom. The first-order chi connectivity index (χ1) is 14.3. The Kier molecular flexibility index (Phi) is 11.4. The molecule has 166 valence electrons. The smallest absolute Gasteiger partial charge is 0.224 e. The van der Waals surface area contributed by atoms with E-state index in [1.54, 1.807) is 7.05 Å². The molecule has 0 aliphatic carbocycles. The number of hydrogen-bond donors (Lipinski definition) is 2. The van der Waals surface area contributed by atoms with Gasteiger partial charge in [0.25, 0.3) is 0 Å². The van der Waals surface area contributed by atoms with Gasteiger partial charge in [0.05, 0.1) is 6.42 Å². The van der Waals surface area contributed by atoms with Crippen molar-refractivity contribution in [1.29, 1.82) is 0 Å². The van der Waals surface area contributed by atoms with Crippen molar-refractivity contribution in [3.63, 3.8) is 0 Å². The standard InChI is InChI=1S/C23H38N6O/c1-8-15-28(6)19(4)26-27-29(7)16-14-21(18(3)9-2)25-22-13-11-10-12-20(22)17-23(30)24-5/h8-13,19,21,25H,1,14-17H2,2-7H3,(H,24,30)/b18-9+,27-26-. The van der Waals surface area contributed by atoms with E-state index in [1.165, 1.54) is 5.57 Å². The first kappa shape index (κ1) is 25.4. The van der Waals surface area contributed by atoms with E-state index in [1.807, 2.05) is 63.3 Å². The molecule has 0 heterocycles. The Morgan fingerprint density at radius 3 is 2.63 bits per heavy atom. The fourth-order valence-electron chi connectivity index (χ4n) is 2.85. The fraction of sp³-hybridized carbons (Fsp3) is 0.522. The lowest BCUT2D eigenvalue weighted by Crippen LogP contribution is -2.29. The second kappa shape index (κ2) is 13.5. The minimum Gasteiger partial charge on any atom is -0.378 e. The van der Waals surface area contributed by atoms with Crippen molar-refractivity contribution in [3.05, 3.63) is 54.1 Å². The molecule has 30 heavy (non-hydrogen) atoms. The molecule has 2 unspecified atom stereocenters. The number of hydrogen-bond acceptors (Lipinski definition) is 5. The number of nitrogens with one attached hydrogen (secondary N) is 2. The monoisotopic (exact) mass is 414 g/mol. The number of amides is 1. The van der Waals surface area contributed by atoms with Crippen LogP contribution in [0.25, 0.3) is 0 Å². The third-order valence-corrected chi connectivity index (χ3v) is 5.15. The van der Waals surface area contributed by atoms with Crippen molar-refractivity contribution in [2.24, 2.45) is 10.3 Å². The highest BCUT2D eigenvalue weighted by molar-refractivity contribution is 5.80. The molecule has 2 N–H and O–H groups in total. The maximum absolute atomic E-state index is 11.9. The molecule has 1 amide bonds. The second-order valence-electron chi connectivity index (χ2n) is 7.47. The highest BCUT2D eigenvalue weighted by Gasteiger charge is 2.14. The largest absolute Gasteiger partial charge is 0.378 e. The highest BCUT2D eigenvalue weighted by Crippen LogP contribution is 2.20. The molecule has 7 nitrogen and oxygen atoms in total. The normalized spacial score (nSPS) is 13.9. The van der Waals surface area contributed by atoms with Gasteiger partial charge in [-0.1, -0.05) is 41.1 Å². The number of rotatable bonds is 13. The summed E-state index contributed by atoms with van der Waals surface area (Å²) in [7, 11) is 5.59.